The number of methoxy groups -OCH3 is 2. The molecule has 0 radical (unpaired) electrons. The molecule has 0 amide bonds. The second-order valence-corrected chi connectivity index (χ2v) is 6.40. The zero-order chi connectivity index (χ0) is 14.1. The maximum atomic E-state index is 5.43. The van der Waals surface area contributed by atoms with Crippen LogP contribution in [0.1, 0.15) is 32.3 Å². The fourth-order valence-corrected chi connectivity index (χ4v) is 3.72. The van der Waals surface area contributed by atoms with E-state index in [9.17, 15) is 0 Å². The van der Waals surface area contributed by atoms with Gasteiger partial charge >= 0.3 is 0 Å². The molecule has 0 aliphatic heterocycles. The van der Waals surface area contributed by atoms with Crippen molar-refractivity contribution in [2.24, 2.45) is 5.41 Å². The van der Waals surface area contributed by atoms with Crippen LogP contribution in [0.4, 0.5) is 0 Å². The number of hydrogen-bond donors (Lipinski definition) is 1. The van der Waals surface area contributed by atoms with Gasteiger partial charge in [0.25, 0.3) is 0 Å². The fraction of sp³-hybridized carbons (Fsp3) is 0.625. The Bertz CT molecular complexity index is 446. The molecule has 0 aromatic heterocycles. The first-order valence-corrected chi connectivity index (χ1v) is 6.83. The number of hydrogen-bond acceptors (Lipinski definition) is 3. The van der Waals surface area contributed by atoms with Crippen molar-refractivity contribution in [3.63, 3.8) is 0 Å². The van der Waals surface area contributed by atoms with Crippen molar-refractivity contribution in [1.82, 2.24) is 5.32 Å². The molecule has 1 N–H and O–H groups in total. The Kier molecular flexibility index (Phi) is 3.77. The second-order valence-electron chi connectivity index (χ2n) is 6.40. The van der Waals surface area contributed by atoms with Crippen LogP contribution in [0, 0.1) is 5.41 Å². The van der Waals surface area contributed by atoms with Crippen molar-refractivity contribution in [3.8, 4) is 11.5 Å². The minimum atomic E-state index is 0.234. The molecular formula is C16H25NO2. The molecule has 1 aliphatic carbocycles. The van der Waals surface area contributed by atoms with E-state index in [1.54, 1.807) is 14.2 Å². The molecule has 0 saturated heterocycles. The predicted octanol–water partition coefficient (Wildman–Crippen LogP) is 2.98. The first-order chi connectivity index (χ1) is 8.96. The Morgan fingerprint density at radius 3 is 2.21 bits per heavy atom. The number of benzene rings is 1. The summed E-state index contributed by atoms with van der Waals surface area (Å²) in [5, 5.41) is 3.34. The van der Waals surface area contributed by atoms with E-state index in [0.29, 0.717) is 5.41 Å². The zero-order valence-electron chi connectivity index (χ0n) is 12.7. The maximum absolute atomic E-state index is 5.43. The van der Waals surface area contributed by atoms with E-state index in [1.165, 1.54) is 18.4 Å². The molecule has 3 heteroatoms. The van der Waals surface area contributed by atoms with Crippen LogP contribution in [0.15, 0.2) is 18.2 Å². The summed E-state index contributed by atoms with van der Waals surface area (Å²) in [5.41, 5.74) is 2.01. The van der Waals surface area contributed by atoms with Gasteiger partial charge in [-0.25, -0.2) is 0 Å². The van der Waals surface area contributed by atoms with Crippen LogP contribution in [0.3, 0.4) is 0 Å². The third-order valence-electron chi connectivity index (χ3n) is 4.14. The summed E-state index contributed by atoms with van der Waals surface area (Å²) in [6.07, 6.45) is 2.41. The Morgan fingerprint density at radius 2 is 1.74 bits per heavy atom. The van der Waals surface area contributed by atoms with Crippen LogP contribution >= 0.6 is 0 Å². The highest BCUT2D eigenvalue weighted by atomic mass is 16.5. The molecular weight excluding hydrogens is 238 g/mol. The van der Waals surface area contributed by atoms with Crippen LogP contribution in [-0.4, -0.2) is 27.8 Å². The summed E-state index contributed by atoms with van der Waals surface area (Å²) in [4.78, 5) is 0. The average Bonchev–Trinajstić information content (AvgIpc) is 2.35. The van der Waals surface area contributed by atoms with E-state index < -0.39 is 0 Å². The Hall–Kier alpha value is -1.22. The van der Waals surface area contributed by atoms with Gasteiger partial charge in [0.15, 0.2) is 11.5 Å². The lowest BCUT2D eigenvalue weighted by Crippen LogP contribution is -2.51. The van der Waals surface area contributed by atoms with Crippen LogP contribution < -0.4 is 14.8 Å². The minimum absolute atomic E-state index is 0.234. The molecule has 0 heterocycles. The number of ether oxygens (including phenoxy) is 2. The van der Waals surface area contributed by atoms with Gasteiger partial charge < -0.3 is 14.8 Å². The molecule has 1 aliphatic rings. The molecule has 0 unspecified atom stereocenters. The highest BCUT2D eigenvalue weighted by Gasteiger charge is 2.49. The van der Waals surface area contributed by atoms with Gasteiger partial charge in [0.2, 0.25) is 0 Å². The van der Waals surface area contributed by atoms with Gasteiger partial charge in [-0.05, 0) is 43.0 Å². The van der Waals surface area contributed by atoms with Gasteiger partial charge in [0.05, 0.1) is 14.2 Å². The molecule has 0 atom stereocenters. The van der Waals surface area contributed by atoms with Gasteiger partial charge in [-0.15, -0.1) is 0 Å². The third-order valence-corrected chi connectivity index (χ3v) is 4.14. The van der Waals surface area contributed by atoms with E-state index in [4.69, 9.17) is 9.47 Å². The van der Waals surface area contributed by atoms with Crippen molar-refractivity contribution in [2.45, 2.75) is 32.1 Å². The lowest BCUT2D eigenvalue weighted by Gasteiger charge is -2.54. The van der Waals surface area contributed by atoms with E-state index >= 15 is 0 Å². The summed E-state index contributed by atoms with van der Waals surface area (Å²) in [7, 11) is 5.39. The summed E-state index contributed by atoms with van der Waals surface area (Å²) < 4.78 is 10.7. The molecule has 1 saturated carbocycles. The smallest absolute Gasteiger partial charge is 0.161 e. The van der Waals surface area contributed by atoms with Crippen LogP contribution in [-0.2, 0) is 5.41 Å². The van der Waals surface area contributed by atoms with Gasteiger partial charge in [-0.3, -0.25) is 0 Å². The molecule has 1 aromatic carbocycles. The molecule has 1 fully saturated rings. The third kappa shape index (κ3) is 2.57. The quantitative estimate of drug-likeness (QED) is 0.886. The van der Waals surface area contributed by atoms with Crippen molar-refractivity contribution in [2.75, 3.05) is 27.8 Å². The first-order valence-electron chi connectivity index (χ1n) is 6.83. The van der Waals surface area contributed by atoms with Gasteiger partial charge in [0.1, 0.15) is 0 Å². The van der Waals surface area contributed by atoms with E-state index in [0.717, 1.165) is 18.0 Å². The van der Waals surface area contributed by atoms with Gasteiger partial charge in [-0.2, -0.15) is 0 Å². The van der Waals surface area contributed by atoms with Crippen LogP contribution in [0.2, 0.25) is 0 Å². The molecule has 106 valence electrons. The van der Waals surface area contributed by atoms with Crippen molar-refractivity contribution in [3.05, 3.63) is 23.8 Å². The Labute approximate surface area is 116 Å². The van der Waals surface area contributed by atoms with Crippen molar-refractivity contribution < 1.29 is 9.47 Å². The minimum Gasteiger partial charge on any atom is -0.493 e. The van der Waals surface area contributed by atoms with E-state index in [1.807, 2.05) is 13.1 Å². The normalized spacial score (nSPS) is 19.6. The summed E-state index contributed by atoms with van der Waals surface area (Å²) >= 11 is 0. The van der Waals surface area contributed by atoms with Gasteiger partial charge in [-0.1, -0.05) is 19.9 Å². The van der Waals surface area contributed by atoms with E-state index in [2.05, 4.69) is 31.3 Å². The maximum Gasteiger partial charge on any atom is 0.161 e. The van der Waals surface area contributed by atoms with Crippen molar-refractivity contribution in [1.29, 1.82) is 0 Å². The summed E-state index contributed by atoms with van der Waals surface area (Å²) in [5.74, 6) is 1.62. The van der Waals surface area contributed by atoms with Crippen molar-refractivity contribution >= 4 is 0 Å². The monoisotopic (exact) mass is 263 g/mol. The second kappa shape index (κ2) is 5.04. The largest absolute Gasteiger partial charge is 0.493 e. The number of nitrogens with one attached hydrogen (secondary N) is 1. The number of rotatable bonds is 5. The topological polar surface area (TPSA) is 30.5 Å². The zero-order valence-corrected chi connectivity index (χ0v) is 12.7. The predicted molar refractivity (Wildman–Crippen MR) is 78.2 cm³/mol. The highest BCUT2D eigenvalue weighted by Crippen LogP contribution is 2.55. The lowest BCUT2D eigenvalue weighted by molar-refractivity contribution is 0.0576. The van der Waals surface area contributed by atoms with Crippen LogP contribution in [0.25, 0.3) is 0 Å². The van der Waals surface area contributed by atoms with E-state index in [-0.39, 0.29) is 5.41 Å². The summed E-state index contributed by atoms with van der Waals surface area (Å²) in [6.45, 7) is 5.68. The summed E-state index contributed by atoms with van der Waals surface area (Å²) in [6, 6.07) is 6.32. The lowest BCUT2D eigenvalue weighted by atomic mass is 9.52. The SMILES string of the molecule is CNCC1(c2ccc(OC)c(OC)c2)CC(C)(C)C1. The average molecular weight is 263 g/mol. The Morgan fingerprint density at radius 1 is 1.11 bits per heavy atom. The molecule has 19 heavy (non-hydrogen) atoms. The Balaban J connectivity index is 2.33. The molecule has 3 nitrogen and oxygen atoms in total. The number of likely N-dealkylation sites (N-methyl/N-ethyl adjacent to an activating group) is 1. The standard InChI is InChI=1S/C16H25NO2/c1-15(2)9-16(10-15,11-17-3)12-6-7-13(18-4)14(8-12)19-5/h6-8,17H,9-11H2,1-5H3. The highest BCUT2D eigenvalue weighted by molar-refractivity contribution is 5.46. The molecule has 0 spiro atoms. The molecule has 1 aromatic rings. The molecule has 2 rings (SSSR count). The fourth-order valence-electron chi connectivity index (χ4n) is 3.72. The first kappa shape index (κ1) is 14.2. The molecule has 0 bridgehead atoms. The van der Waals surface area contributed by atoms with Gasteiger partial charge in [0, 0.05) is 12.0 Å². The van der Waals surface area contributed by atoms with Crippen LogP contribution in [0.5, 0.6) is 11.5 Å².